The van der Waals surface area contributed by atoms with Gasteiger partial charge in [-0.05, 0) is 36.2 Å². The zero-order valence-corrected chi connectivity index (χ0v) is 21.3. The van der Waals surface area contributed by atoms with E-state index in [0.29, 0.717) is 37.7 Å². The normalized spacial score (nSPS) is 29.6. The second-order valence-electron chi connectivity index (χ2n) is 9.88. The minimum absolute atomic E-state index is 0.0675. The molecule has 37 heavy (non-hydrogen) atoms. The molecule has 1 aromatic carbocycles. The summed E-state index contributed by atoms with van der Waals surface area (Å²) in [6.07, 6.45) is 1.41. The zero-order chi connectivity index (χ0) is 25.9. The van der Waals surface area contributed by atoms with E-state index in [1.807, 2.05) is 42.5 Å². The predicted octanol–water partition coefficient (Wildman–Crippen LogP) is 2.69. The van der Waals surface area contributed by atoms with Crippen molar-refractivity contribution in [3.8, 4) is 6.07 Å². The fraction of sp³-hybridized carbons (Fsp3) is 0.481. The SMILES string of the molecule is CN(C(=O)OC1COC1)[C@@H]1C(C(=O)C2CC(c3ccccn3)NCC2C#N)NC[C@H]1c1ccc(Cl)cc1. The Balaban J connectivity index is 1.41. The Kier molecular flexibility index (Phi) is 7.72. The van der Waals surface area contributed by atoms with Gasteiger partial charge in [0.15, 0.2) is 11.9 Å². The number of hydrogen-bond donors (Lipinski definition) is 2. The third-order valence-corrected chi connectivity index (χ3v) is 7.91. The molecule has 10 heteroatoms. The molecule has 5 rings (SSSR count). The van der Waals surface area contributed by atoms with E-state index in [9.17, 15) is 14.9 Å². The molecule has 6 atom stereocenters. The summed E-state index contributed by atoms with van der Waals surface area (Å²) in [4.78, 5) is 33.2. The number of benzene rings is 1. The van der Waals surface area contributed by atoms with Gasteiger partial charge >= 0.3 is 6.09 Å². The Morgan fingerprint density at radius 1 is 1.16 bits per heavy atom. The topological polar surface area (TPSA) is 117 Å². The van der Waals surface area contributed by atoms with Crippen molar-refractivity contribution >= 4 is 23.5 Å². The van der Waals surface area contributed by atoms with Gasteiger partial charge in [0.2, 0.25) is 0 Å². The zero-order valence-electron chi connectivity index (χ0n) is 20.5. The van der Waals surface area contributed by atoms with E-state index in [1.165, 1.54) is 4.90 Å². The maximum atomic E-state index is 14.1. The van der Waals surface area contributed by atoms with Gasteiger partial charge in [0, 0.05) is 43.2 Å². The molecule has 0 radical (unpaired) electrons. The molecule has 2 N–H and O–H groups in total. The molecule has 0 spiro atoms. The first-order valence-electron chi connectivity index (χ1n) is 12.5. The van der Waals surface area contributed by atoms with Gasteiger partial charge in [-0.25, -0.2) is 4.79 Å². The van der Waals surface area contributed by atoms with E-state index in [4.69, 9.17) is 21.1 Å². The van der Waals surface area contributed by atoms with Crippen molar-refractivity contribution < 1.29 is 19.1 Å². The molecule has 0 bridgehead atoms. The number of pyridine rings is 1. The van der Waals surface area contributed by atoms with Gasteiger partial charge in [0.25, 0.3) is 0 Å². The summed E-state index contributed by atoms with van der Waals surface area (Å²) in [6.45, 7) is 1.64. The standard InChI is InChI=1S/C27H30ClN5O4/c1-33(27(35)37-19-14-36-15-19)25-21(16-5-7-18(28)8-6-16)13-32-24(25)26(34)20-10-23(31-12-17(20)11-29)22-4-2-3-9-30-22/h2-9,17,19-21,23-25,31-32H,10,12-15H2,1H3/t17?,20?,21-,23?,24?,25-/m0/s1. The van der Waals surface area contributed by atoms with Crippen molar-refractivity contribution in [2.45, 2.75) is 36.6 Å². The molecule has 0 saturated carbocycles. The largest absolute Gasteiger partial charge is 0.441 e. The van der Waals surface area contributed by atoms with Gasteiger partial charge in [-0.3, -0.25) is 9.78 Å². The molecule has 194 valence electrons. The number of hydrogen-bond acceptors (Lipinski definition) is 8. The third kappa shape index (κ3) is 5.34. The number of nitrogens with one attached hydrogen (secondary N) is 2. The van der Waals surface area contributed by atoms with E-state index in [0.717, 1.165) is 11.3 Å². The van der Waals surface area contributed by atoms with Crippen LogP contribution in [0.3, 0.4) is 0 Å². The molecule has 1 amide bonds. The Morgan fingerprint density at radius 2 is 1.95 bits per heavy atom. The number of nitriles is 1. The number of carbonyl (C=O) groups is 2. The number of amides is 1. The number of nitrogens with zero attached hydrogens (tertiary/aromatic N) is 3. The van der Waals surface area contributed by atoms with Crippen LogP contribution in [0.1, 0.15) is 29.6 Å². The average molecular weight is 524 g/mol. The lowest BCUT2D eigenvalue weighted by Crippen LogP contribution is -2.55. The average Bonchev–Trinajstić information content (AvgIpc) is 3.35. The highest BCUT2D eigenvalue weighted by Gasteiger charge is 2.49. The first-order chi connectivity index (χ1) is 18.0. The van der Waals surface area contributed by atoms with Crippen LogP contribution in [0.2, 0.25) is 5.02 Å². The van der Waals surface area contributed by atoms with Crippen molar-refractivity contribution in [1.82, 2.24) is 20.5 Å². The van der Waals surface area contributed by atoms with Crippen molar-refractivity contribution in [3.05, 3.63) is 64.9 Å². The molecular formula is C27H30ClN5O4. The van der Waals surface area contributed by atoms with Gasteiger partial charge in [0.05, 0.1) is 49.0 Å². The molecule has 4 heterocycles. The lowest BCUT2D eigenvalue weighted by molar-refractivity contribution is -0.128. The number of piperidine rings is 1. The van der Waals surface area contributed by atoms with E-state index in [2.05, 4.69) is 21.7 Å². The Morgan fingerprint density at radius 3 is 2.59 bits per heavy atom. The highest BCUT2D eigenvalue weighted by atomic mass is 35.5. The molecule has 0 aliphatic carbocycles. The second kappa shape index (κ2) is 11.2. The Labute approximate surface area is 221 Å². The van der Waals surface area contributed by atoms with Crippen LogP contribution < -0.4 is 10.6 Å². The summed E-state index contributed by atoms with van der Waals surface area (Å²) in [6, 6.07) is 14.2. The smallest absolute Gasteiger partial charge is 0.410 e. The highest BCUT2D eigenvalue weighted by molar-refractivity contribution is 6.30. The van der Waals surface area contributed by atoms with Crippen LogP contribution in [0, 0.1) is 23.2 Å². The van der Waals surface area contributed by atoms with Crippen LogP contribution in [-0.4, -0.2) is 73.3 Å². The van der Waals surface area contributed by atoms with E-state index < -0.39 is 30.0 Å². The summed E-state index contributed by atoms with van der Waals surface area (Å²) < 4.78 is 10.7. The first-order valence-corrected chi connectivity index (χ1v) is 12.9. The third-order valence-electron chi connectivity index (χ3n) is 7.66. The van der Waals surface area contributed by atoms with Crippen LogP contribution in [-0.2, 0) is 14.3 Å². The molecule has 9 nitrogen and oxygen atoms in total. The summed E-state index contributed by atoms with van der Waals surface area (Å²) in [5.74, 6) is -1.21. The van der Waals surface area contributed by atoms with Crippen molar-refractivity contribution in [2.75, 3.05) is 33.4 Å². The molecule has 1 aromatic heterocycles. The lowest BCUT2D eigenvalue weighted by Gasteiger charge is -2.38. The molecule has 3 fully saturated rings. The molecule has 3 aliphatic rings. The number of halogens is 1. The van der Waals surface area contributed by atoms with Gasteiger partial charge in [-0.15, -0.1) is 0 Å². The van der Waals surface area contributed by atoms with Crippen LogP contribution in [0.5, 0.6) is 0 Å². The number of ether oxygens (including phenoxy) is 2. The Hall–Kier alpha value is -3.03. The van der Waals surface area contributed by atoms with E-state index in [-0.39, 0.29) is 23.8 Å². The van der Waals surface area contributed by atoms with Crippen LogP contribution in [0.25, 0.3) is 0 Å². The van der Waals surface area contributed by atoms with Gasteiger partial charge in [-0.1, -0.05) is 29.8 Å². The lowest BCUT2D eigenvalue weighted by atomic mass is 9.76. The first kappa shape index (κ1) is 25.6. The molecule has 3 saturated heterocycles. The molecule has 2 aromatic rings. The number of ketones is 1. The fourth-order valence-corrected chi connectivity index (χ4v) is 5.67. The molecule has 4 unspecified atom stereocenters. The molecule has 3 aliphatic heterocycles. The van der Waals surface area contributed by atoms with Crippen LogP contribution in [0.15, 0.2) is 48.7 Å². The predicted molar refractivity (Wildman–Crippen MR) is 136 cm³/mol. The number of Topliss-reactive ketones (excluding diaryl/α,β-unsaturated/α-hetero) is 1. The summed E-state index contributed by atoms with van der Waals surface area (Å²) in [7, 11) is 1.67. The fourth-order valence-electron chi connectivity index (χ4n) is 5.55. The minimum Gasteiger partial charge on any atom is -0.441 e. The number of carbonyl (C=O) groups excluding carboxylic acids is 2. The van der Waals surface area contributed by atoms with Crippen LogP contribution >= 0.6 is 11.6 Å². The van der Waals surface area contributed by atoms with Crippen molar-refractivity contribution in [1.29, 1.82) is 5.26 Å². The maximum absolute atomic E-state index is 14.1. The highest BCUT2D eigenvalue weighted by Crippen LogP contribution is 2.37. The van der Waals surface area contributed by atoms with Crippen molar-refractivity contribution in [2.24, 2.45) is 11.8 Å². The summed E-state index contributed by atoms with van der Waals surface area (Å²) in [5.41, 5.74) is 1.81. The minimum atomic E-state index is -0.654. The maximum Gasteiger partial charge on any atom is 0.410 e. The number of aromatic nitrogens is 1. The summed E-state index contributed by atoms with van der Waals surface area (Å²) in [5, 5.41) is 17.2. The Bertz CT molecular complexity index is 1150. The van der Waals surface area contributed by atoms with Gasteiger partial charge < -0.3 is 25.0 Å². The quantitative estimate of drug-likeness (QED) is 0.593. The molecular weight excluding hydrogens is 494 g/mol. The van der Waals surface area contributed by atoms with Crippen molar-refractivity contribution in [3.63, 3.8) is 0 Å². The second-order valence-corrected chi connectivity index (χ2v) is 10.3. The number of likely N-dealkylation sites (N-methyl/N-ethyl adjacent to an activating group) is 1. The summed E-state index contributed by atoms with van der Waals surface area (Å²) >= 11 is 6.12. The van der Waals surface area contributed by atoms with E-state index >= 15 is 0 Å². The van der Waals surface area contributed by atoms with Crippen LogP contribution in [0.4, 0.5) is 4.79 Å². The van der Waals surface area contributed by atoms with Gasteiger partial charge in [-0.2, -0.15) is 5.26 Å². The number of rotatable bonds is 6. The van der Waals surface area contributed by atoms with Gasteiger partial charge in [0.1, 0.15) is 0 Å². The monoisotopic (exact) mass is 523 g/mol. The van der Waals surface area contributed by atoms with E-state index in [1.54, 1.807) is 13.2 Å².